The average molecular weight is 407 g/mol. The second-order valence-corrected chi connectivity index (χ2v) is 6.97. The van der Waals surface area contributed by atoms with Gasteiger partial charge in [-0.3, -0.25) is 10.1 Å². The molecule has 6 heteroatoms. The molecule has 1 atom stereocenters. The van der Waals surface area contributed by atoms with Crippen molar-refractivity contribution in [1.29, 1.82) is 0 Å². The molecule has 1 N–H and O–H groups in total. The minimum atomic E-state index is -1.85. The fourth-order valence-electron chi connectivity index (χ4n) is 3.54. The van der Waals surface area contributed by atoms with Crippen molar-refractivity contribution in [3.8, 4) is 11.1 Å². The Kier molecular flexibility index (Phi) is 6.47. The molecule has 1 aliphatic heterocycles. The van der Waals surface area contributed by atoms with Crippen molar-refractivity contribution < 1.29 is 23.9 Å². The first-order valence-corrected chi connectivity index (χ1v) is 9.94. The summed E-state index contributed by atoms with van der Waals surface area (Å²) < 4.78 is 10.3. The lowest BCUT2D eigenvalue weighted by molar-refractivity contribution is -0.162. The SMILES string of the molecule is CCOC(=O)C1(C(=O)OCC)C=C(C(C)=O)[C@H](c2ccc(-c3ccccc3)cc2)N1. The molecule has 0 radical (unpaired) electrons. The molecule has 156 valence electrons. The van der Waals surface area contributed by atoms with Crippen LogP contribution in [0.15, 0.2) is 66.2 Å². The Bertz CT molecular complexity index is 945. The highest BCUT2D eigenvalue weighted by Gasteiger charge is 2.54. The maximum Gasteiger partial charge on any atom is 0.342 e. The molecule has 1 heterocycles. The van der Waals surface area contributed by atoms with E-state index in [2.05, 4.69) is 5.32 Å². The minimum absolute atomic E-state index is 0.0986. The van der Waals surface area contributed by atoms with E-state index in [9.17, 15) is 14.4 Å². The molecular weight excluding hydrogens is 382 g/mol. The van der Waals surface area contributed by atoms with Gasteiger partial charge in [-0.25, -0.2) is 9.59 Å². The molecule has 0 saturated heterocycles. The molecule has 0 unspecified atom stereocenters. The van der Waals surface area contributed by atoms with Crippen molar-refractivity contribution in [2.24, 2.45) is 0 Å². The number of Topliss-reactive ketones (excluding diaryl/α,β-unsaturated/α-hetero) is 1. The number of benzene rings is 2. The molecule has 0 aromatic heterocycles. The van der Waals surface area contributed by atoms with Gasteiger partial charge < -0.3 is 9.47 Å². The van der Waals surface area contributed by atoms with Gasteiger partial charge in [-0.05, 0) is 43.5 Å². The minimum Gasteiger partial charge on any atom is -0.464 e. The first kappa shape index (κ1) is 21.5. The smallest absolute Gasteiger partial charge is 0.342 e. The van der Waals surface area contributed by atoms with Crippen molar-refractivity contribution in [1.82, 2.24) is 5.32 Å². The Morgan fingerprint density at radius 3 is 1.90 bits per heavy atom. The lowest BCUT2D eigenvalue weighted by Crippen LogP contribution is -2.56. The summed E-state index contributed by atoms with van der Waals surface area (Å²) in [5.41, 5.74) is 1.32. The molecule has 3 rings (SSSR count). The van der Waals surface area contributed by atoms with Crippen LogP contribution >= 0.6 is 0 Å². The van der Waals surface area contributed by atoms with Crippen LogP contribution in [0.4, 0.5) is 0 Å². The van der Waals surface area contributed by atoms with E-state index in [1.54, 1.807) is 13.8 Å². The summed E-state index contributed by atoms with van der Waals surface area (Å²) in [6.07, 6.45) is 1.35. The van der Waals surface area contributed by atoms with Crippen molar-refractivity contribution >= 4 is 17.7 Å². The van der Waals surface area contributed by atoms with Crippen LogP contribution in [-0.2, 0) is 23.9 Å². The van der Waals surface area contributed by atoms with E-state index in [4.69, 9.17) is 9.47 Å². The summed E-state index contributed by atoms with van der Waals surface area (Å²) >= 11 is 0. The summed E-state index contributed by atoms with van der Waals surface area (Å²) in [6.45, 7) is 4.91. The number of hydrogen-bond acceptors (Lipinski definition) is 6. The van der Waals surface area contributed by atoms with Gasteiger partial charge in [0.25, 0.3) is 0 Å². The number of nitrogens with one attached hydrogen (secondary N) is 1. The normalized spacial score (nSPS) is 17.2. The topological polar surface area (TPSA) is 81.7 Å². The lowest BCUT2D eigenvalue weighted by atomic mass is 9.95. The van der Waals surface area contributed by atoms with Crippen LogP contribution in [0, 0.1) is 0 Å². The second-order valence-electron chi connectivity index (χ2n) is 6.97. The number of esters is 2. The van der Waals surface area contributed by atoms with Crippen LogP contribution in [-0.4, -0.2) is 36.5 Å². The first-order chi connectivity index (χ1) is 14.4. The molecule has 0 bridgehead atoms. The summed E-state index contributed by atoms with van der Waals surface area (Å²) in [7, 11) is 0. The van der Waals surface area contributed by atoms with Crippen LogP contribution in [0.1, 0.15) is 32.4 Å². The van der Waals surface area contributed by atoms with Gasteiger partial charge in [0.05, 0.1) is 19.3 Å². The van der Waals surface area contributed by atoms with Gasteiger partial charge in [0.15, 0.2) is 5.78 Å². The molecule has 0 fully saturated rings. The quantitative estimate of drug-likeness (QED) is 0.560. The van der Waals surface area contributed by atoms with E-state index in [0.29, 0.717) is 5.57 Å². The fraction of sp³-hybridized carbons (Fsp3) is 0.292. The summed E-state index contributed by atoms with van der Waals surface area (Å²) in [4.78, 5) is 37.8. The number of rotatable bonds is 7. The molecule has 6 nitrogen and oxygen atoms in total. The van der Waals surface area contributed by atoms with E-state index in [0.717, 1.165) is 16.7 Å². The fourth-order valence-corrected chi connectivity index (χ4v) is 3.54. The highest BCUT2D eigenvalue weighted by molar-refractivity contribution is 6.11. The molecule has 0 spiro atoms. The Balaban J connectivity index is 1.99. The molecule has 0 saturated carbocycles. The van der Waals surface area contributed by atoms with Gasteiger partial charge in [0.1, 0.15) is 0 Å². The van der Waals surface area contributed by atoms with Gasteiger partial charge in [-0.2, -0.15) is 0 Å². The van der Waals surface area contributed by atoms with Gasteiger partial charge >= 0.3 is 11.9 Å². The van der Waals surface area contributed by atoms with Crippen LogP contribution in [0.2, 0.25) is 0 Å². The Hall–Kier alpha value is -3.25. The highest BCUT2D eigenvalue weighted by atomic mass is 16.6. The number of hydrogen-bond donors (Lipinski definition) is 1. The number of carbonyl (C=O) groups is 3. The van der Waals surface area contributed by atoms with Crippen molar-refractivity contribution in [3.63, 3.8) is 0 Å². The van der Waals surface area contributed by atoms with E-state index in [1.807, 2.05) is 54.6 Å². The Morgan fingerprint density at radius 2 is 1.40 bits per heavy atom. The van der Waals surface area contributed by atoms with E-state index < -0.39 is 23.5 Å². The number of ketones is 1. The molecule has 0 amide bonds. The summed E-state index contributed by atoms with van der Waals surface area (Å²) in [6, 6.07) is 16.9. The third-order valence-electron chi connectivity index (χ3n) is 5.01. The van der Waals surface area contributed by atoms with Gasteiger partial charge in [0, 0.05) is 5.57 Å². The van der Waals surface area contributed by atoms with Crippen LogP contribution in [0.25, 0.3) is 11.1 Å². The van der Waals surface area contributed by atoms with Crippen molar-refractivity contribution in [2.45, 2.75) is 32.4 Å². The largest absolute Gasteiger partial charge is 0.464 e. The summed E-state index contributed by atoms with van der Waals surface area (Å²) in [5, 5.41) is 3.02. The Labute approximate surface area is 175 Å². The molecule has 30 heavy (non-hydrogen) atoms. The predicted octanol–water partition coefficient (Wildman–Crippen LogP) is 3.38. The monoisotopic (exact) mass is 407 g/mol. The molecule has 0 aliphatic carbocycles. The van der Waals surface area contributed by atoms with E-state index in [-0.39, 0.29) is 19.0 Å². The summed E-state index contributed by atoms with van der Waals surface area (Å²) in [5.74, 6) is -1.81. The zero-order valence-corrected chi connectivity index (χ0v) is 17.3. The zero-order chi connectivity index (χ0) is 21.7. The van der Waals surface area contributed by atoms with Crippen molar-refractivity contribution in [2.75, 3.05) is 13.2 Å². The lowest BCUT2D eigenvalue weighted by Gasteiger charge is -2.26. The molecule has 1 aliphatic rings. The maximum atomic E-state index is 12.7. The van der Waals surface area contributed by atoms with Crippen LogP contribution in [0.3, 0.4) is 0 Å². The highest BCUT2D eigenvalue weighted by Crippen LogP contribution is 2.36. The van der Waals surface area contributed by atoms with Gasteiger partial charge in [0.2, 0.25) is 5.54 Å². The van der Waals surface area contributed by atoms with E-state index in [1.165, 1.54) is 13.0 Å². The third-order valence-corrected chi connectivity index (χ3v) is 5.01. The first-order valence-electron chi connectivity index (χ1n) is 9.94. The standard InChI is InChI=1S/C24H25NO5/c1-4-29-22(27)24(23(28)30-5-2)15-20(16(3)26)21(25-24)19-13-11-18(12-14-19)17-9-7-6-8-10-17/h6-15,21,25H,4-5H2,1-3H3/t21-/m0/s1. The third kappa shape index (κ3) is 4.04. The van der Waals surface area contributed by atoms with Crippen LogP contribution < -0.4 is 5.32 Å². The average Bonchev–Trinajstić information content (AvgIpc) is 3.18. The molecular formula is C24H25NO5. The maximum absolute atomic E-state index is 12.7. The number of ether oxygens (including phenoxy) is 2. The molecule has 2 aromatic carbocycles. The molecule has 2 aromatic rings. The Morgan fingerprint density at radius 1 is 0.867 bits per heavy atom. The van der Waals surface area contributed by atoms with E-state index >= 15 is 0 Å². The number of carbonyl (C=O) groups excluding carboxylic acids is 3. The van der Waals surface area contributed by atoms with Crippen LogP contribution in [0.5, 0.6) is 0 Å². The van der Waals surface area contributed by atoms with Crippen molar-refractivity contribution in [3.05, 3.63) is 71.8 Å². The van der Waals surface area contributed by atoms with Gasteiger partial charge in [-0.1, -0.05) is 54.6 Å². The van der Waals surface area contributed by atoms with Gasteiger partial charge in [-0.15, -0.1) is 0 Å². The second kappa shape index (κ2) is 9.05. The predicted molar refractivity (Wildman–Crippen MR) is 113 cm³/mol. The zero-order valence-electron chi connectivity index (χ0n) is 17.3.